The fraction of sp³-hybridized carbons (Fsp3) is 0.381. The van der Waals surface area contributed by atoms with E-state index in [9.17, 15) is 9.59 Å². The molecule has 2 aromatic rings. The monoisotopic (exact) mass is 366 g/mol. The molecule has 1 aliphatic rings. The summed E-state index contributed by atoms with van der Waals surface area (Å²) in [6, 6.07) is 7.11. The van der Waals surface area contributed by atoms with Crippen molar-refractivity contribution >= 4 is 17.5 Å². The molecule has 0 aliphatic carbocycles. The van der Waals surface area contributed by atoms with Gasteiger partial charge in [0.05, 0.1) is 6.20 Å². The third-order valence-electron chi connectivity index (χ3n) is 5.07. The number of aryl methyl sites for hydroxylation is 1. The average molecular weight is 366 g/mol. The fourth-order valence-corrected chi connectivity index (χ4v) is 3.57. The van der Waals surface area contributed by atoms with Crippen molar-refractivity contribution in [1.82, 2.24) is 14.7 Å². The lowest BCUT2D eigenvalue weighted by Gasteiger charge is -2.30. The van der Waals surface area contributed by atoms with E-state index in [-0.39, 0.29) is 17.2 Å². The Morgan fingerprint density at radius 1 is 1.26 bits per heavy atom. The Morgan fingerprint density at radius 2 is 1.93 bits per heavy atom. The summed E-state index contributed by atoms with van der Waals surface area (Å²) < 4.78 is 1.91. The van der Waals surface area contributed by atoms with Gasteiger partial charge in [-0.15, -0.1) is 0 Å². The number of benzene rings is 1. The van der Waals surface area contributed by atoms with Crippen molar-refractivity contribution in [2.75, 3.05) is 18.5 Å². The molecule has 0 radical (unpaired) electrons. The number of carbonyl (C=O) groups is 2. The Labute approximate surface area is 160 Å². The molecule has 0 saturated carbocycles. The van der Waals surface area contributed by atoms with Crippen LogP contribution in [0.3, 0.4) is 0 Å². The molecule has 0 fully saturated rings. The van der Waals surface area contributed by atoms with E-state index in [1.165, 1.54) is 16.7 Å². The van der Waals surface area contributed by atoms with Gasteiger partial charge >= 0.3 is 0 Å². The van der Waals surface area contributed by atoms with Crippen LogP contribution in [0.5, 0.6) is 0 Å². The Kier molecular flexibility index (Phi) is 4.91. The predicted molar refractivity (Wildman–Crippen MR) is 105 cm³/mol. The van der Waals surface area contributed by atoms with E-state index in [0.717, 1.165) is 17.7 Å². The normalized spacial score (nSPS) is 15.6. The van der Waals surface area contributed by atoms with Crippen molar-refractivity contribution in [2.45, 2.75) is 26.8 Å². The lowest BCUT2D eigenvalue weighted by molar-refractivity contribution is -0.113. The molecular formula is C21H26N4O2. The summed E-state index contributed by atoms with van der Waals surface area (Å²) in [5.41, 5.74) is 3.59. The number of nitrogens with zero attached hydrogens (tertiary/aromatic N) is 4. The second kappa shape index (κ2) is 7.02. The number of likely N-dealkylation sites (N-methyl/N-ethyl adjacent to an activating group) is 1. The molecule has 0 bridgehead atoms. The lowest BCUT2D eigenvalue weighted by atomic mass is 9.87. The Balaban J connectivity index is 1.84. The van der Waals surface area contributed by atoms with Crippen molar-refractivity contribution in [3.05, 3.63) is 59.9 Å². The number of aromatic nitrogens is 2. The molecule has 2 amide bonds. The van der Waals surface area contributed by atoms with Crippen LogP contribution in [-0.2, 0) is 24.8 Å². The number of hydrogen-bond acceptors (Lipinski definition) is 3. The number of rotatable bonds is 3. The minimum atomic E-state index is -0.188. The molecule has 0 saturated heterocycles. The average Bonchev–Trinajstić information content (AvgIpc) is 2.90. The van der Waals surface area contributed by atoms with E-state index in [4.69, 9.17) is 0 Å². The molecule has 6 heteroatoms. The molecule has 0 spiro atoms. The molecule has 1 aromatic carbocycles. The topological polar surface area (TPSA) is 58.4 Å². The summed E-state index contributed by atoms with van der Waals surface area (Å²) in [5.74, 6) is -0.198. The van der Waals surface area contributed by atoms with E-state index < -0.39 is 0 Å². The molecule has 142 valence electrons. The highest BCUT2D eigenvalue weighted by Crippen LogP contribution is 2.30. The summed E-state index contributed by atoms with van der Waals surface area (Å²) in [6.07, 6.45) is 4.01. The second-order valence-electron chi connectivity index (χ2n) is 7.89. The summed E-state index contributed by atoms with van der Waals surface area (Å²) >= 11 is 0. The number of fused-ring (bicyclic) bond motifs is 1. The zero-order valence-electron chi connectivity index (χ0n) is 16.4. The van der Waals surface area contributed by atoms with Gasteiger partial charge in [-0.3, -0.25) is 14.3 Å². The van der Waals surface area contributed by atoms with Gasteiger partial charge in [0.2, 0.25) is 5.91 Å². The molecule has 27 heavy (non-hydrogen) atoms. The van der Waals surface area contributed by atoms with Crippen molar-refractivity contribution in [1.29, 1.82) is 0 Å². The van der Waals surface area contributed by atoms with Crippen LogP contribution in [0.2, 0.25) is 0 Å². The molecule has 1 aliphatic heterocycles. The van der Waals surface area contributed by atoms with Gasteiger partial charge in [0.25, 0.3) is 5.91 Å². The first-order chi connectivity index (χ1) is 12.7. The maximum atomic E-state index is 13.1. The van der Waals surface area contributed by atoms with Crippen molar-refractivity contribution in [3.8, 4) is 0 Å². The van der Waals surface area contributed by atoms with Crippen LogP contribution >= 0.6 is 0 Å². The van der Waals surface area contributed by atoms with Crippen molar-refractivity contribution in [3.63, 3.8) is 0 Å². The Morgan fingerprint density at radius 3 is 2.56 bits per heavy atom. The largest absolute Gasteiger partial charge is 0.334 e. The first-order valence-corrected chi connectivity index (χ1v) is 9.01. The van der Waals surface area contributed by atoms with Gasteiger partial charge in [-0.25, -0.2) is 0 Å². The minimum Gasteiger partial charge on any atom is -0.334 e. The molecule has 6 nitrogen and oxygen atoms in total. The van der Waals surface area contributed by atoms with E-state index >= 15 is 0 Å². The minimum absolute atomic E-state index is 0.0102. The van der Waals surface area contributed by atoms with Gasteiger partial charge in [-0.2, -0.15) is 5.10 Å². The zero-order valence-corrected chi connectivity index (χ0v) is 16.4. The fourth-order valence-electron chi connectivity index (χ4n) is 3.57. The van der Waals surface area contributed by atoms with E-state index in [1.807, 2.05) is 22.8 Å². The Bertz CT molecular complexity index is 880. The van der Waals surface area contributed by atoms with Crippen LogP contribution in [-0.4, -0.2) is 40.1 Å². The lowest BCUT2D eigenvalue weighted by Crippen LogP contribution is -2.37. The first kappa shape index (κ1) is 18.9. The summed E-state index contributed by atoms with van der Waals surface area (Å²) in [5, 5.41) is 4.36. The molecule has 0 N–H and O–H groups in total. The standard InChI is InChI=1S/C21H26N4O2/c1-6-19(26)23(4)17-9-7-15(8-10-17)20(27)25-13-16-12-22-24(5)18(16)11-21(2,3)14-25/h6-10,12H,1,11,13-14H2,2-5H3. The third kappa shape index (κ3) is 3.79. The second-order valence-corrected chi connectivity index (χ2v) is 7.89. The van der Waals surface area contributed by atoms with E-state index in [2.05, 4.69) is 25.5 Å². The zero-order chi connectivity index (χ0) is 19.8. The van der Waals surface area contributed by atoms with Crippen LogP contribution in [0.25, 0.3) is 0 Å². The van der Waals surface area contributed by atoms with Gasteiger partial charge < -0.3 is 9.80 Å². The quantitative estimate of drug-likeness (QED) is 0.785. The van der Waals surface area contributed by atoms with Crippen LogP contribution in [0.4, 0.5) is 5.69 Å². The number of amides is 2. The predicted octanol–water partition coefficient (Wildman–Crippen LogP) is 2.79. The van der Waals surface area contributed by atoms with Gasteiger partial charge in [0.1, 0.15) is 0 Å². The number of anilines is 1. The number of hydrogen-bond donors (Lipinski definition) is 0. The smallest absolute Gasteiger partial charge is 0.254 e. The Hall–Kier alpha value is -2.89. The van der Waals surface area contributed by atoms with Crippen LogP contribution < -0.4 is 4.90 Å². The van der Waals surface area contributed by atoms with Crippen LogP contribution in [0, 0.1) is 5.41 Å². The van der Waals surface area contributed by atoms with Gasteiger partial charge in [-0.05, 0) is 42.2 Å². The number of carbonyl (C=O) groups excluding carboxylic acids is 2. The van der Waals surface area contributed by atoms with Crippen LogP contribution in [0.1, 0.15) is 35.5 Å². The van der Waals surface area contributed by atoms with Crippen molar-refractivity contribution in [2.24, 2.45) is 12.5 Å². The SMILES string of the molecule is C=CC(=O)N(C)c1ccc(C(=O)N2Cc3cnn(C)c3CC(C)(C)C2)cc1. The van der Waals surface area contributed by atoms with Crippen LogP contribution in [0.15, 0.2) is 43.1 Å². The molecular weight excluding hydrogens is 340 g/mol. The highest BCUT2D eigenvalue weighted by Gasteiger charge is 2.32. The summed E-state index contributed by atoms with van der Waals surface area (Å²) in [7, 11) is 3.63. The van der Waals surface area contributed by atoms with Gasteiger partial charge in [0.15, 0.2) is 0 Å². The molecule has 1 aromatic heterocycles. The summed E-state index contributed by atoms with van der Waals surface area (Å²) in [4.78, 5) is 28.3. The van der Waals surface area contributed by atoms with Gasteiger partial charge in [0, 0.05) is 49.7 Å². The van der Waals surface area contributed by atoms with Gasteiger partial charge in [-0.1, -0.05) is 20.4 Å². The first-order valence-electron chi connectivity index (χ1n) is 9.01. The highest BCUT2D eigenvalue weighted by atomic mass is 16.2. The van der Waals surface area contributed by atoms with E-state index in [1.54, 1.807) is 31.3 Å². The molecule has 0 unspecified atom stereocenters. The molecule has 0 atom stereocenters. The molecule has 2 heterocycles. The third-order valence-corrected chi connectivity index (χ3v) is 5.07. The highest BCUT2D eigenvalue weighted by molar-refractivity contribution is 6.01. The summed E-state index contributed by atoms with van der Waals surface area (Å²) in [6.45, 7) is 9.08. The maximum Gasteiger partial charge on any atom is 0.254 e. The maximum absolute atomic E-state index is 13.1. The van der Waals surface area contributed by atoms with E-state index in [0.29, 0.717) is 18.7 Å². The molecule has 3 rings (SSSR count). The van der Waals surface area contributed by atoms with Crippen molar-refractivity contribution < 1.29 is 9.59 Å².